The minimum atomic E-state index is 0.257. The highest BCUT2D eigenvalue weighted by molar-refractivity contribution is 5.40. The molecule has 3 rings (SSSR count). The van der Waals surface area contributed by atoms with Crippen LogP contribution in [0.1, 0.15) is 86.1 Å². The van der Waals surface area contributed by atoms with Crippen molar-refractivity contribution in [2.24, 2.45) is 11.3 Å². The van der Waals surface area contributed by atoms with Crippen LogP contribution < -0.4 is 0 Å². The molecule has 0 radical (unpaired) electrons. The summed E-state index contributed by atoms with van der Waals surface area (Å²) >= 11 is 0. The molecule has 140 valence electrons. The van der Waals surface area contributed by atoms with E-state index < -0.39 is 0 Å². The van der Waals surface area contributed by atoms with Crippen molar-refractivity contribution in [1.82, 2.24) is 0 Å². The molecule has 0 bridgehead atoms. The third-order valence-electron chi connectivity index (χ3n) is 5.33. The molecule has 2 aliphatic carbocycles. The standard InChI is InChI=1S/C21H28.2C2H6/c1-17-14-20(2,3)16-21(15-17,18-10-6-4-7-11-18)19-12-8-5-9-13-19;2*1-2/h4-8,10-12,17H,9,13-16H2,1-3H3;2*1-2H3. The molecule has 1 aromatic rings. The van der Waals surface area contributed by atoms with Crippen molar-refractivity contribution in [3.05, 3.63) is 59.7 Å². The maximum Gasteiger partial charge on any atom is 0.0172 e. The molecule has 0 aliphatic heterocycles. The third kappa shape index (κ3) is 5.33. The predicted molar refractivity (Wildman–Crippen MR) is 114 cm³/mol. The Morgan fingerprint density at radius 1 is 0.920 bits per heavy atom. The van der Waals surface area contributed by atoms with Crippen molar-refractivity contribution < 1.29 is 0 Å². The summed E-state index contributed by atoms with van der Waals surface area (Å²) in [5.41, 5.74) is 3.88. The average Bonchev–Trinajstić information content (AvgIpc) is 2.65. The first-order chi connectivity index (χ1) is 12.0. The van der Waals surface area contributed by atoms with Gasteiger partial charge in [0.25, 0.3) is 0 Å². The highest BCUT2D eigenvalue weighted by Crippen LogP contribution is 2.54. The fraction of sp³-hybridized carbons (Fsp3) is 0.600. The molecule has 1 aromatic carbocycles. The molecular formula is C25H40. The SMILES string of the molecule is CC.CC.CC1CC(C)(C)CC(C2=CC=CCC2)(c2ccccc2)C1. The average molecular weight is 341 g/mol. The van der Waals surface area contributed by atoms with Crippen molar-refractivity contribution in [1.29, 1.82) is 0 Å². The van der Waals surface area contributed by atoms with Crippen LogP contribution in [0.2, 0.25) is 0 Å². The zero-order valence-electron chi connectivity index (χ0n) is 17.7. The van der Waals surface area contributed by atoms with E-state index in [4.69, 9.17) is 0 Å². The summed E-state index contributed by atoms with van der Waals surface area (Å²) in [5.74, 6) is 0.792. The summed E-state index contributed by atoms with van der Waals surface area (Å²) in [6.45, 7) is 15.4. The second-order valence-electron chi connectivity index (χ2n) is 7.96. The maximum atomic E-state index is 2.46. The van der Waals surface area contributed by atoms with Gasteiger partial charge in [-0.2, -0.15) is 0 Å². The lowest BCUT2D eigenvalue weighted by Gasteiger charge is -2.50. The van der Waals surface area contributed by atoms with Gasteiger partial charge >= 0.3 is 0 Å². The van der Waals surface area contributed by atoms with Crippen molar-refractivity contribution in [2.45, 2.75) is 86.0 Å². The molecule has 1 fully saturated rings. The van der Waals surface area contributed by atoms with Crippen LogP contribution in [0.5, 0.6) is 0 Å². The Morgan fingerprint density at radius 3 is 2.08 bits per heavy atom. The zero-order chi connectivity index (χ0) is 18.9. The summed E-state index contributed by atoms with van der Waals surface area (Å²) in [4.78, 5) is 0. The molecule has 0 saturated heterocycles. The summed E-state index contributed by atoms with van der Waals surface area (Å²) in [7, 11) is 0. The van der Waals surface area contributed by atoms with Crippen LogP contribution >= 0.6 is 0 Å². The van der Waals surface area contributed by atoms with E-state index in [1.165, 1.54) is 37.7 Å². The van der Waals surface area contributed by atoms with Crippen LogP contribution in [0.15, 0.2) is 54.1 Å². The second kappa shape index (κ2) is 10.00. The van der Waals surface area contributed by atoms with Gasteiger partial charge < -0.3 is 0 Å². The third-order valence-corrected chi connectivity index (χ3v) is 5.33. The summed E-state index contributed by atoms with van der Waals surface area (Å²) in [6.07, 6.45) is 13.4. The van der Waals surface area contributed by atoms with Crippen LogP contribution in [0, 0.1) is 11.3 Å². The molecular weight excluding hydrogens is 300 g/mol. The van der Waals surface area contributed by atoms with Crippen LogP contribution in [0.25, 0.3) is 0 Å². The van der Waals surface area contributed by atoms with Crippen LogP contribution in [0.3, 0.4) is 0 Å². The van der Waals surface area contributed by atoms with E-state index in [-0.39, 0.29) is 5.41 Å². The maximum absolute atomic E-state index is 2.46. The lowest BCUT2D eigenvalue weighted by atomic mass is 9.54. The summed E-state index contributed by atoms with van der Waals surface area (Å²) in [5, 5.41) is 0. The van der Waals surface area contributed by atoms with E-state index in [2.05, 4.69) is 69.3 Å². The first kappa shape index (κ1) is 21.7. The quantitative estimate of drug-likeness (QED) is 0.510. The topological polar surface area (TPSA) is 0 Å². The molecule has 25 heavy (non-hydrogen) atoms. The minimum Gasteiger partial charge on any atom is -0.0842 e. The molecule has 0 heteroatoms. The number of benzene rings is 1. The smallest absolute Gasteiger partial charge is 0.0172 e. The molecule has 2 unspecified atom stereocenters. The first-order valence-corrected chi connectivity index (χ1v) is 10.4. The molecule has 1 saturated carbocycles. The Kier molecular flexibility index (Phi) is 8.69. The van der Waals surface area contributed by atoms with Gasteiger partial charge in [-0.1, -0.05) is 103 Å². The zero-order valence-corrected chi connectivity index (χ0v) is 17.7. The fourth-order valence-electron chi connectivity index (χ4n) is 4.98. The highest BCUT2D eigenvalue weighted by Gasteiger charge is 2.45. The Bertz CT molecular complexity index is 547. The fourth-order valence-corrected chi connectivity index (χ4v) is 4.98. The van der Waals surface area contributed by atoms with Gasteiger partial charge in [-0.05, 0) is 49.0 Å². The van der Waals surface area contributed by atoms with Gasteiger partial charge in [0, 0.05) is 5.41 Å². The van der Waals surface area contributed by atoms with Crippen LogP contribution in [-0.4, -0.2) is 0 Å². The molecule has 0 nitrogen and oxygen atoms in total. The van der Waals surface area contributed by atoms with Crippen LogP contribution in [0.4, 0.5) is 0 Å². The van der Waals surface area contributed by atoms with Crippen LogP contribution in [-0.2, 0) is 5.41 Å². The second-order valence-corrected chi connectivity index (χ2v) is 7.96. The van der Waals surface area contributed by atoms with Crippen molar-refractivity contribution in [3.63, 3.8) is 0 Å². The Morgan fingerprint density at radius 2 is 1.56 bits per heavy atom. The minimum absolute atomic E-state index is 0.257. The molecule has 0 amide bonds. The van der Waals surface area contributed by atoms with Gasteiger partial charge in [-0.3, -0.25) is 0 Å². The van der Waals surface area contributed by atoms with E-state index >= 15 is 0 Å². The molecule has 0 N–H and O–H groups in total. The van der Waals surface area contributed by atoms with Gasteiger partial charge in [0.1, 0.15) is 0 Å². The Balaban J connectivity index is 0.000000730. The van der Waals surface area contributed by atoms with Gasteiger partial charge in [-0.25, -0.2) is 0 Å². The van der Waals surface area contributed by atoms with E-state index in [1.54, 1.807) is 5.57 Å². The van der Waals surface area contributed by atoms with E-state index in [0.29, 0.717) is 5.41 Å². The molecule has 0 heterocycles. The normalized spacial score (nSPS) is 27.2. The number of allylic oxidation sites excluding steroid dienone is 4. The van der Waals surface area contributed by atoms with Crippen molar-refractivity contribution in [3.8, 4) is 0 Å². The molecule has 0 spiro atoms. The first-order valence-electron chi connectivity index (χ1n) is 10.4. The van der Waals surface area contributed by atoms with Gasteiger partial charge in [0.15, 0.2) is 0 Å². The van der Waals surface area contributed by atoms with Gasteiger partial charge in [0.05, 0.1) is 0 Å². The number of hydrogen-bond donors (Lipinski definition) is 0. The molecule has 2 atom stereocenters. The van der Waals surface area contributed by atoms with Gasteiger partial charge in [0.2, 0.25) is 0 Å². The lowest BCUT2D eigenvalue weighted by Crippen LogP contribution is -2.41. The largest absolute Gasteiger partial charge is 0.0842 e. The van der Waals surface area contributed by atoms with Crippen molar-refractivity contribution >= 4 is 0 Å². The summed E-state index contributed by atoms with van der Waals surface area (Å²) < 4.78 is 0. The predicted octanol–water partition coefficient (Wildman–Crippen LogP) is 8.10. The van der Waals surface area contributed by atoms with Crippen molar-refractivity contribution in [2.75, 3.05) is 0 Å². The number of hydrogen-bond acceptors (Lipinski definition) is 0. The van der Waals surface area contributed by atoms with E-state index in [0.717, 1.165) is 5.92 Å². The Labute approximate surface area is 157 Å². The van der Waals surface area contributed by atoms with E-state index in [1.807, 2.05) is 27.7 Å². The summed E-state index contributed by atoms with van der Waals surface area (Å²) in [6, 6.07) is 11.3. The lowest BCUT2D eigenvalue weighted by molar-refractivity contribution is 0.122. The molecule has 0 aromatic heterocycles. The Hall–Kier alpha value is -1.30. The van der Waals surface area contributed by atoms with Gasteiger partial charge in [-0.15, -0.1) is 0 Å². The highest BCUT2D eigenvalue weighted by atomic mass is 14.5. The molecule has 2 aliphatic rings. The number of rotatable bonds is 2. The monoisotopic (exact) mass is 340 g/mol. The van der Waals surface area contributed by atoms with E-state index in [9.17, 15) is 0 Å².